The molecule has 1 atom stereocenters. The van der Waals surface area contributed by atoms with E-state index in [-0.39, 0.29) is 18.1 Å². The first kappa shape index (κ1) is 12.5. The molecule has 0 bridgehead atoms. The highest BCUT2D eigenvalue weighted by Gasteiger charge is 2.09. The highest BCUT2D eigenvalue weighted by molar-refractivity contribution is 5.85. The molecule has 5 nitrogen and oxygen atoms in total. The molecule has 0 saturated carbocycles. The van der Waals surface area contributed by atoms with Crippen molar-refractivity contribution in [3.8, 4) is 0 Å². The Bertz CT molecular complexity index is 343. The fourth-order valence-corrected chi connectivity index (χ4v) is 0.924. The van der Waals surface area contributed by atoms with E-state index in [9.17, 15) is 14.9 Å². The summed E-state index contributed by atoms with van der Waals surface area (Å²) in [4.78, 5) is 20.1. The molecule has 0 amide bonds. The van der Waals surface area contributed by atoms with Gasteiger partial charge in [-0.2, -0.15) is 0 Å². The molecule has 1 aromatic carbocycles. The van der Waals surface area contributed by atoms with E-state index in [1.165, 1.54) is 18.2 Å². The Hall–Kier alpha value is -1.46. The van der Waals surface area contributed by atoms with Gasteiger partial charge < -0.3 is 10.5 Å². The molecule has 0 aliphatic rings. The number of carbonyl (C=O) groups is 1. The number of hydrogen-bond donors (Lipinski definition) is 1. The molecule has 76 valence electrons. The molecule has 1 rings (SSSR count). The first-order chi connectivity index (χ1) is 6.15. The van der Waals surface area contributed by atoms with Crippen LogP contribution in [0.3, 0.4) is 0 Å². The summed E-state index contributed by atoms with van der Waals surface area (Å²) in [7, 11) is 0. The standard InChI is InChI=1S/C8H8N2O3.ClH/c9-8(5-11)6-2-1-3-7(4-6)10(12)13;/h1-5,8H,9H2;1H. The molecular formula is C8H9ClN2O3. The third-order valence-corrected chi connectivity index (χ3v) is 1.61. The maximum absolute atomic E-state index is 10.3. The maximum atomic E-state index is 10.3. The van der Waals surface area contributed by atoms with Crippen molar-refractivity contribution >= 4 is 24.4 Å². The van der Waals surface area contributed by atoms with E-state index in [1.54, 1.807) is 6.07 Å². The van der Waals surface area contributed by atoms with Gasteiger partial charge in [-0.05, 0) is 5.56 Å². The molecule has 2 N–H and O–H groups in total. The zero-order chi connectivity index (χ0) is 9.84. The summed E-state index contributed by atoms with van der Waals surface area (Å²) in [6.45, 7) is 0. The molecule has 1 unspecified atom stereocenters. The third-order valence-electron chi connectivity index (χ3n) is 1.61. The Labute approximate surface area is 86.5 Å². The van der Waals surface area contributed by atoms with Crippen LogP contribution in [0.4, 0.5) is 5.69 Å². The number of benzene rings is 1. The molecule has 0 aliphatic carbocycles. The van der Waals surface area contributed by atoms with Gasteiger partial charge in [0.25, 0.3) is 5.69 Å². The highest BCUT2D eigenvalue weighted by Crippen LogP contribution is 2.16. The third kappa shape index (κ3) is 2.79. The second-order valence-electron chi connectivity index (χ2n) is 2.51. The SMILES string of the molecule is Cl.NC(C=O)c1cccc([N+](=O)[O-])c1. The number of hydrogen-bond acceptors (Lipinski definition) is 4. The van der Waals surface area contributed by atoms with Gasteiger partial charge in [0.1, 0.15) is 6.29 Å². The zero-order valence-electron chi connectivity index (χ0n) is 7.12. The van der Waals surface area contributed by atoms with Gasteiger partial charge in [0.2, 0.25) is 0 Å². The van der Waals surface area contributed by atoms with E-state index in [2.05, 4.69) is 0 Å². The van der Waals surface area contributed by atoms with Crippen molar-refractivity contribution in [1.82, 2.24) is 0 Å². The first-order valence-corrected chi connectivity index (χ1v) is 3.60. The Kier molecular flexibility index (Phi) is 4.76. The monoisotopic (exact) mass is 216 g/mol. The molecule has 0 aliphatic heterocycles. The fourth-order valence-electron chi connectivity index (χ4n) is 0.924. The van der Waals surface area contributed by atoms with Crippen molar-refractivity contribution in [2.45, 2.75) is 6.04 Å². The van der Waals surface area contributed by atoms with E-state index >= 15 is 0 Å². The van der Waals surface area contributed by atoms with Crippen molar-refractivity contribution in [2.75, 3.05) is 0 Å². The Morgan fingerprint density at radius 2 is 2.14 bits per heavy atom. The maximum Gasteiger partial charge on any atom is 0.269 e. The largest absolute Gasteiger partial charge is 0.318 e. The van der Waals surface area contributed by atoms with E-state index in [0.717, 1.165) is 0 Å². The molecule has 0 heterocycles. The van der Waals surface area contributed by atoms with Gasteiger partial charge >= 0.3 is 0 Å². The lowest BCUT2D eigenvalue weighted by Crippen LogP contribution is -2.11. The normalized spacial score (nSPS) is 11.2. The molecule has 0 spiro atoms. The van der Waals surface area contributed by atoms with Crippen LogP contribution in [0.1, 0.15) is 11.6 Å². The minimum Gasteiger partial charge on any atom is -0.318 e. The number of nitrogens with two attached hydrogens (primary N) is 1. The zero-order valence-corrected chi connectivity index (χ0v) is 7.94. The smallest absolute Gasteiger partial charge is 0.269 e. The number of halogens is 1. The quantitative estimate of drug-likeness (QED) is 0.468. The lowest BCUT2D eigenvalue weighted by molar-refractivity contribution is -0.384. The molecule has 6 heteroatoms. The fraction of sp³-hybridized carbons (Fsp3) is 0.125. The lowest BCUT2D eigenvalue weighted by atomic mass is 10.1. The molecule has 0 aromatic heterocycles. The summed E-state index contributed by atoms with van der Waals surface area (Å²) in [5.41, 5.74) is 5.76. The Morgan fingerprint density at radius 1 is 1.50 bits per heavy atom. The van der Waals surface area contributed by atoms with Crippen LogP contribution < -0.4 is 5.73 Å². The second kappa shape index (κ2) is 5.31. The number of carbonyl (C=O) groups excluding carboxylic acids is 1. The topological polar surface area (TPSA) is 86.2 Å². The van der Waals surface area contributed by atoms with Crippen LogP contribution >= 0.6 is 12.4 Å². The van der Waals surface area contributed by atoms with E-state index in [0.29, 0.717) is 11.8 Å². The average molecular weight is 217 g/mol. The first-order valence-electron chi connectivity index (χ1n) is 3.60. The second-order valence-corrected chi connectivity index (χ2v) is 2.51. The summed E-state index contributed by atoms with van der Waals surface area (Å²) >= 11 is 0. The highest BCUT2D eigenvalue weighted by atomic mass is 35.5. The minimum absolute atomic E-state index is 0. The van der Waals surface area contributed by atoms with Crippen LogP contribution in [0.25, 0.3) is 0 Å². The number of nitrogens with zero attached hydrogens (tertiary/aromatic N) is 1. The van der Waals surface area contributed by atoms with Crippen molar-refractivity contribution in [3.63, 3.8) is 0 Å². The Balaban J connectivity index is 0.00000169. The molecule has 0 fully saturated rings. The van der Waals surface area contributed by atoms with E-state index in [1.807, 2.05) is 0 Å². The predicted octanol–water partition coefficient (Wildman–Crippen LogP) is 1.22. The molecular weight excluding hydrogens is 208 g/mol. The lowest BCUT2D eigenvalue weighted by Gasteiger charge is -2.02. The molecule has 1 aromatic rings. The van der Waals surface area contributed by atoms with Crippen molar-refractivity contribution in [1.29, 1.82) is 0 Å². The van der Waals surface area contributed by atoms with Gasteiger partial charge in [0, 0.05) is 12.1 Å². The van der Waals surface area contributed by atoms with Gasteiger partial charge in [-0.3, -0.25) is 10.1 Å². The van der Waals surface area contributed by atoms with Gasteiger partial charge in [-0.15, -0.1) is 12.4 Å². The van der Waals surface area contributed by atoms with Gasteiger partial charge in [-0.25, -0.2) is 0 Å². The number of aldehydes is 1. The predicted molar refractivity (Wildman–Crippen MR) is 53.3 cm³/mol. The van der Waals surface area contributed by atoms with Crippen LogP contribution in [-0.2, 0) is 4.79 Å². The van der Waals surface area contributed by atoms with Gasteiger partial charge in [-0.1, -0.05) is 12.1 Å². The van der Waals surface area contributed by atoms with Crippen molar-refractivity contribution in [2.24, 2.45) is 5.73 Å². The minimum atomic E-state index is -0.792. The summed E-state index contributed by atoms with van der Waals surface area (Å²) in [5.74, 6) is 0. The average Bonchev–Trinajstić information content (AvgIpc) is 2.17. The summed E-state index contributed by atoms with van der Waals surface area (Å²) in [6.07, 6.45) is 0.541. The summed E-state index contributed by atoms with van der Waals surface area (Å²) < 4.78 is 0. The van der Waals surface area contributed by atoms with Crippen molar-refractivity contribution in [3.05, 3.63) is 39.9 Å². The number of nitro benzene ring substituents is 1. The number of nitro groups is 1. The van der Waals surface area contributed by atoms with Crippen LogP contribution in [0.2, 0.25) is 0 Å². The molecule has 0 radical (unpaired) electrons. The number of rotatable bonds is 3. The summed E-state index contributed by atoms with van der Waals surface area (Å²) in [6, 6.07) is 4.92. The molecule has 0 saturated heterocycles. The van der Waals surface area contributed by atoms with Gasteiger partial charge in [0.15, 0.2) is 0 Å². The van der Waals surface area contributed by atoms with Crippen LogP contribution in [0.15, 0.2) is 24.3 Å². The van der Waals surface area contributed by atoms with Crippen LogP contribution in [0, 0.1) is 10.1 Å². The Morgan fingerprint density at radius 3 is 2.64 bits per heavy atom. The van der Waals surface area contributed by atoms with E-state index < -0.39 is 11.0 Å². The van der Waals surface area contributed by atoms with Crippen molar-refractivity contribution < 1.29 is 9.72 Å². The van der Waals surface area contributed by atoms with Gasteiger partial charge in [0.05, 0.1) is 11.0 Å². The van der Waals surface area contributed by atoms with E-state index in [4.69, 9.17) is 5.73 Å². The van der Waals surface area contributed by atoms with Crippen LogP contribution in [-0.4, -0.2) is 11.2 Å². The number of non-ortho nitro benzene ring substituents is 1. The van der Waals surface area contributed by atoms with Crippen LogP contribution in [0.5, 0.6) is 0 Å². The molecule has 14 heavy (non-hydrogen) atoms. The summed E-state index contributed by atoms with van der Waals surface area (Å²) in [5, 5.41) is 10.3.